The first kappa shape index (κ1) is 14.5. The van der Waals surface area contributed by atoms with Gasteiger partial charge in [0.15, 0.2) is 0 Å². The summed E-state index contributed by atoms with van der Waals surface area (Å²) in [5, 5.41) is 0. The minimum atomic E-state index is 0.0177. The van der Waals surface area contributed by atoms with Crippen molar-refractivity contribution in [3.63, 3.8) is 0 Å². The van der Waals surface area contributed by atoms with Crippen molar-refractivity contribution >= 4 is 5.91 Å². The highest BCUT2D eigenvalue weighted by atomic mass is 16.2. The van der Waals surface area contributed by atoms with Gasteiger partial charge in [-0.15, -0.1) is 0 Å². The fourth-order valence-corrected chi connectivity index (χ4v) is 2.65. The van der Waals surface area contributed by atoms with Gasteiger partial charge in [0.25, 0.3) is 0 Å². The molecule has 17 heavy (non-hydrogen) atoms. The van der Waals surface area contributed by atoms with Gasteiger partial charge in [-0.1, -0.05) is 13.3 Å². The maximum absolute atomic E-state index is 12.2. The molecule has 2 unspecified atom stereocenters. The first-order chi connectivity index (χ1) is 8.08. The minimum Gasteiger partial charge on any atom is -0.345 e. The highest BCUT2D eigenvalue weighted by Gasteiger charge is 2.25. The molecule has 0 spiro atoms. The first-order valence-electron chi connectivity index (χ1n) is 6.72. The molecule has 1 aliphatic rings. The Hall–Kier alpha value is -0.610. The van der Waals surface area contributed by atoms with E-state index in [4.69, 9.17) is 5.73 Å². The third-order valence-corrected chi connectivity index (χ3v) is 3.67. The van der Waals surface area contributed by atoms with E-state index in [1.54, 1.807) is 0 Å². The number of amides is 1. The molecule has 1 amide bonds. The Morgan fingerprint density at radius 2 is 2.29 bits per heavy atom. The van der Waals surface area contributed by atoms with Crippen LogP contribution in [0.3, 0.4) is 0 Å². The largest absolute Gasteiger partial charge is 0.345 e. The van der Waals surface area contributed by atoms with Crippen LogP contribution in [0.1, 0.15) is 26.2 Å². The summed E-state index contributed by atoms with van der Waals surface area (Å²) in [4.78, 5) is 16.4. The van der Waals surface area contributed by atoms with Crippen LogP contribution in [0.15, 0.2) is 0 Å². The smallest absolute Gasteiger partial charge is 0.226 e. The van der Waals surface area contributed by atoms with Gasteiger partial charge in [-0.25, -0.2) is 0 Å². The SMILES string of the molecule is CCCC(CN)C(=O)N(C)CC1CCN(C)C1. The van der Waals surface area contributed by atoms with Gasteiger partial charge in [0.2, 0.25) is 5.91 Å². The lowest BCUT2D eigenvalue weighted by Gasteiger charge is -2.25. The summed E-state index contributed by atoms with van der Waals surface area (Å²) < 4.78 is 0. The zero-order chi connectivity index (χ0) is 12.8. The molecule has 100 valence electrons. The number of hydrogen-bond acceptors (Lipinski definition) is 3. The Labute approximate surface area is 105 Å². The maximum Gasteiger partial charge on any atom is 0.226 e. The Kier molecular flexibility index (Phi) is 5.92. The van der Waals surface area contributed by atoms with Crippen molar-refractivity contribution < 1.29 is 4.79 Å². The van der Waals surface area contributed by atoms with Gasteiger partial charge >= 0.3 is 0 Å². The normalized spacial score (nSPS) is 22.7. The van der Waals surface area contributed by atoms with Gasteiger partial charge in [0, 0.05) is 26.7 Å². The average Bonchev–Trinajstić information content (AvgIpc) is 2.70. The summed E-state index contributed by atoms with van der Waals surface area (Å²) in [6, 6.07) is 0. The maximum atomic E-state index is 12.2. The number of carbonyl (C=O) groups is 1. The van der Waals surface area contributed by atoms with Gasteiger partial charge in [-0.05, 0) is 32.4 Å². The van der Waals surface area contributed by atoms with Crippen molar-refractivity contribution in [3.05, 3.63) is 0 Å². The quantitative estimate of drug-likeness (QED) is 0.747. The van der Waals surface area contributed by atoms with Crippen LogP contribution in [-0.4, -0.2) is 56.0 Å². The molecule has 2 N–H and O–H groups in total. The minimum absolute atomic E-state index is 0.0177. The van der Waals surface area contributed by atoms with E-state index in [1.807, 2.05) is 11.9 Å². The van der Waals surface area contributed by atoms with Crippen LogP contribution in [0.25, 0.3) is 0 Å². The van der Waals surface area contributed by atoms with E-state index in [-0.39, 0.29) is 11.8 Å². The van der Waals surface area contributed by atoms with E-state index in [9.17, 15) is 4.79 Å². The molecule has 0 aliphatic carbocycles. The van der Waals surface area contributed by atoms with E-state index < -0.39 is 0 Å². The van der Waals surface area contributed by atoms with E-state index >= 15 is 0 Å². The van der Waals surface area contributed by atoms with Crippen LogP contribution in [0, 0.1) is 11.8 Å². The highest BCUT2D eigenvalue weighted by Crippen LogP contribution is 2.17. The molecule has 4 heteroatoms. The standard InChI is InChI=1S/C13H27N3O/c1-4-5-12(8-14)13(17)16(3)10-11-6-7-15(2)9-11/h11-12H,4-10,14H2,1-3H3. The zero-order valence-electron chi connectivity index (χ0n) is 11.5. The highest BCUT2D eigenvalue weighted by molar-refractivity contribution is 5.78. The number of nitrogens with zero attached hydrogens (tertiary/aromatic N) is 2. The molecule has 0 aromatic carbocycles. The van der Waals surface area contributed by atoms with Crippen LogP contribution in [-0.2, 0) is 4.79 Å². The Morgan fingerprint density at radius 3 is 2.76 bits per heavy atom. The second kappa shape index (κ2) is 6.97. The summed E-state index contributed by atoms with van der Waals surface area (Å²) in [5.74, 6) is 0.877. The van der Waals surface area contributed by atoms with Crippen LogP contribution < -0.4 is 5.73 Å². The molecule has 0 aromatic heterocycles. The molecule has 0 bridgehead atoms. The summed E-state index contributed by atoms with van der Waals surface area (Å²) in [5.41, 5.74) is 5.67. The number of likely N-dealkylation sites (tertiary alicyclic amines) is 1. The number of carbonyl (C=O) groups excluding carboxylic acids is 1. The second-order valence-electron chi connectivity index (χ2n) is 5.36. The first-order valence-corrected chi connectivity index (χ1v) is 6.72. The molecular formula is C13H27N3O. The Bertz CT molecular complexity index is 245. The predicted molar refractivity (Wildman–Crippen MR) is 70.7 cm³/mol. The molecule has 1 heterocycles. The molecule has 1 aliphatic heterocycles. The molecule has 1 rings (SSSR count). The van der Waals surface area contributed by atoms with Crippen LogP contribution >= 0.6 is 0 Å². The molecule has 0 radical (unpaired) electrons. The van der Waals surface area contributed by atoms with Crippen molar-refractivity contribution in [1.29, 1.82) is 0 Å². The lowest BCUT2D eigenvalue weighted by atomic mass is 10.0. The summed E-state index contributed by atoms with van der Waals surface area (Å²) in [7, 11) is 4.06. The van der Waals surface area contributed by atoms with E-state index in [2.05, 4.69) is 18.9 Å². The van der Waals surface area contributed by atoms with Gasteiger partial charge in [-0.3, -0.25) is 4.79 Å². The summed E-state index contributed by atoms with van der Waals surface area (Å²) in [6.45, 7) is 5.72. The lowest BCUT2D eigenvalue weighted by molar-refractivity contribution is -0.134. The van der Waals surface area contributed by atoms with E-state index in [1.165, 1.54) is 6.42 Å². The van der Waals surface area contributed by atoms with E-state index in [0.29, 0.717) is 12.5 Å². The van der Waals surface area contributed by atoms with Crippen molar-refractivity contribution in [2.75, 3.05) is 40.3 Å². The van der Waals surface area contributed by atoms with Gasteiger partial charge in [0.05, 0.1) is 5.92 Å². The number of hydrogen-bond donors (Lipinski definition) is 1. The van der Waals surface area contributed by atoms with Crippen molar-refractivity contribution in [2.24, 2.45) is 17.6 Å². The molecular weight excluding hydrogens is 214 g/mol. The van der Waals surface area contributed by atoms with Crippen LogP contribution in [0.5, 0.6) is 0 Å². The monoisotopic (exact) mass is 241 g/mol. The topological polar surface area (TPSA) is 49.6 Å². The van der Waals surface area contributed by atoms with Crippen molar-refractivity contribution in [2.45, 2.75) is 26.2 Å². The average molecular weight is 241 g/mol. The lowest BCUT2D eigenvalue weighted by Crippen LogP contribution is -2.39. The molecule has 2 atom stereocenters. The fourth-order valence-electron chi connectivity index (χ4n) is 2.65. The Balaban J connectivity index is 2.40. The van der Waals surface area contributed by atoms with Crippen LogP contribution in [0.2, 0.25) is 0 Å². The van der Waals surface area contributed by atoms with Gasteiger partial charge in [-0.2, -0.15) is 0 Å². The summed E-state index contributed by atoms with van der Waals surface area (Å²) >= 11 is 0. The van der Waals surface area contributed by atoms with Crippen molar-refractivity contribution in [1.82, 2.24) is 9.80 Å². The van der Waals surface area contributed by atoms with Crippen LogP contribution in [0.4, 0.5) is 0 Å². The molecule has 1 fully saturated rings. The molecule has 0 saturated carbocycles. The predicted octanol–water partition coefficient (Wildman–Crippen LogP) is 0.772. The zero-order valence-corrected chi connectivity index (χ0v) is 11.5. The number of nitrogens with two attached hydrogens (primary N) is 1. The molecule has 1 saturated heterocycles. The second-order valence-corrected chi connectivity index (χ2v) is 5.36. The van der Waals surface area contributed by atoms with Gasteiger partial charge < -0.3 is 15.5 Å². The summed E-state index contributed by atoms with van der Waals surface area (Å²) in [6.07, 6.45) is 3.13. The van der Waals surface area contributed by atoms with E-state index in [0.717, 1.165) is 32.5 Å². The number of rotatable bonds is 6. The molecule has 4 nitrogen and oxygen atoms in total. The molecule has 0 aromatic rings. The third-order valence-electron chi connectivity index (χ3n) is 3.67. The third kappa shape index (κ3) is 4.28. The fraction of sp³-hybridized carbons (Fsp3) is 0.923. The van der Waals surface area contributed by atoms with Crippen molar-refractivity contribution in [3.8, 4) is 0 Å². The van der Waals surface area contributed by atoms with Gasteiger partial charge in [0.1, 0.15) is 0 Å². The Morgan fingerprint density at radius 1 is 1.59 bits per heavy atom.